The van der Waals surface area contributed by atoms with Gasteiger partial charge in [-0.3, -0.25) is 0 Å². The van der Waals surface area contributed by atoms with E-state index in [9.17, 15) is 0 Å². The maximum absolute atomic E-state index is 6.35. The molecule has 0 bridgehead atoms. The Morgan fingerprint density at radius 1 is 1.24 bits per heavy atom. The molecule has 1 aliphatic heterocycles. The van der Waals surface area contributed by atoms with Gasteiger partial charge in [0.1, 0.15) is 11.4 Å². The van der Waals surface area contributed by atoms with E-state index in [0.29, 0.717) is 6.04 Å². The molecule has 1 heterocycles. The molecule has 118 valence electrons. The summed E-state index contributed by atoms with van der Waals surface area (Å²) in [5, 5.41) is 3.78. The zero-order valence-electron chi connectivity index (χ0n) is 14.4. The van der Waals surface area contributed by atoms with Gasteiger partial charge in [-0.1, -0.05) is 32.8 Å². The second-order valence-electron chi connectivity index (χ2n) is 6.82. The molecule has 0 saturated carbocycles. The van der Waals surface area contributed by atoms with Gasteiger partial charge in [-0.05, 0) is 57.4 Å². The largest absolute Gasteiger partial charge is 0.487 e. The minimum absolute atomic E-state index is 0.0460. The first-order valence-corrected chi connectivity index (χ1v) is 8.52. The van der Waals surface area contributed by atoms with Crippen molar-refractivity contribution in [3.05, 3.63) is 28.8 Å². The molecule has 0 spiro atoms. The zero-order chi connectivity index (χ0) is 15.5. The number of hydrogen-bond donors (Lipinski definition) is 1. The van der Waals surface area contributed by atoms with Crippen LogP contribution in [0.1, 0.15) is 75.6 Å². The third kappa shape index (κ3) is 3.79. The lowest BCUT2D eigenvalue weighted by atomic mass is 9.84. The van der Waals surface area contributed by atoms with E-state index in [4.69, 9.17) is 4.74 Å². The molecule has 1 aromatic carbocycles. The average molecular weight is 289 g/mol. The van der Waals surface area contributed by atoms with Crippen molar-refractivity contribution in [2.75, 3.05) is 6.54 Å². The number of nitrogens with one attached hydrogen (secondary N) is 1. The summed E-state index contributed by atoms with van der Waals surface area (Å²) >= 11 is 0. The number of aryl methyl sites for hydroxylation is 2. The number of fused-ring (bicyclic) bond motifs is 1. The molecule has 2 nitrogen and oxygen atoms in total. The first-order chi connectivity index (χ1) is 9.99. The van der Waals surface area contributed by atoms with Crippen molar-refractivity contribution in [3.8, 4) is 5.75 Å². The molecule has 1 N–H and O–H groups in total. The number of unbranched alkanes of at least 4 members (excludes halogenated alkanes) is 2. The molecule has 0 fully saturated rings. The van der Waals surface area contributed by atoms with Crippen molar-refractivity contribution < 1.29 is 4.74 Å². The van der Waals surface area contributed by atoms with Crippen molar-refractivity contribution in [1.82, 2.24) is 5.32 Å². The van der Waals surface area contributed by atoms with Gasteiger partial charge in [-0.15, -0.1) is 0 Å². The molecule has 1 aliphatic rings. The predicted molar refractivity (Wildman–Crippen MR) is 90.1 cm³/mol. The van der Waals surface area contributed by atoms with E-state index in [1.54, 1.807) is 0 Å². The van der Waals surface area contributed by atoms with Crippen LogP contribution in [0.2, 0.25) is 0 Å². The summed E-state index contributed by atoms with van der Waals surface area (Å²) < 4.78 is 6.35. The third-order valence-electron chi connectivity index (χ3n) is 4.75. The van der Waals surface area contributed by atoms with Crippen molar-refractivity contribution in [1.29, 1.82) is 0 Å². The Labute approximate surface area is 130 Å². The molecule has 0 aliphatic carbocycles. The van der Waals surface area contributed by atoms with Crippen LogP contribution in [0.5, 0.6) is 5.75 Å². The van der Waals surface area contributed by atoms with Gasteiger partial charge in [0.2, 0.25) is 0 Å². The summed E-state index contributed by atoms with van der Waals surface area (Å²) in [4.78, 5) is 0. The van der Waals surface area contributed by atoms with Crippen molar-refractivity contribution in [3.63, 3.8) is 0 Å². The van der Waals surface area contributed by atoms with Gasteiger partial charge in [0, 0.05) is 18.0 Å². The third-order valence-corrected chi connectivity index (χ3v) is 4.75. The lowest BCUT2D eigenvalue weighted by Gasteiger charge is -2.41. The Morgan fingerprint density at radius 3 is 2.67 bits per heavy atom. The molecule has 0 aromatic heterocycles. The molecule has 2 rings (SSSR count). The summed E-state index contributed by atoms with van der Waals surface area (Å²) in [6.45, 7) is 12.2. The van der Waals surface area contributed by atoms with Crippen LogP contribution in [0.15, 0.2) is 12.1 Å². The molecule has 0 radical (unpaired) electrons. The van der Waals surface area contributed by atoms with Crippen LogP contribution in [-0.2, 0) is 0 Å². The molecular weight excluding hydrogens is 258 g/mol. The Morgan fingerprint density at radius 2 is 2.00 bits per heavy atom. The van der Waals surface area contributed by atoms with E-state index in [2.05, 4.69) is 52.1 Å². The maximum atomic E-state index is 6.35. The van der Waals surface area contributed by atoms with Gasteiger partial charge >= 0.3 is 0 Å². The van der Waals surface area contributed by atoms with E-state index >= 15 is 0 Å². The van der Waals surface area contributed by atoms with Gasteiger partial charge < -0.3 is 10.1 Å². The van der Waals surface area contributed by atoms with Crippen LogP contribution < -0.4 is 10.1 Å². The Hall–Kier alpha value is -1.02. The van der Waals surface area contributed by atoms with Crippen LogP contribution in [-0.4, -0.2) is 12.1 Å². The van der Waals surface area contributed by atoms with Crippen LogP contribution >= 0.6 is 0 Å². The molecule has 1 aromatic rings. The highest BCUT2D eigenvalue weighted by Crippen LogP contribution is 2.43. The van der Waals surface area contributed by atoms with E-state index in [1.165, 1.54) is 36.0 Å². The summed E-state index contributed by atoms with van der Waals surface area (Å²) in [6, 6.07) is 4.91. The van der Waals surface area contributed by atoms with Gasteiger partial charge in [0.25, 0.3) is 0 Å². The fraction of sp³-hybridized carbons (Fsp3) is 0.684. The van der Waals surface area contributed by atoms with Crippen molar-refractivity contribution in [2.45, 2.75) is 78.4 Å². The molecule has 0 amide bonds. The number of hydrogen-bond acceptors (Lipinski definition) is 2. The van der Waals surface area contributed by atoms with Gasteiger partial charge in [0.15, 0.2) is 0 Å². The van der Waals surface area contributed by atoms with E-state index in [1.807, 2.05) is 0 Å². The smallest absolute Gasteiger partial charge is 0.125 e. The summed E-state index contributed by atoms with van der Waals surface area (Å²) in [6.07, 6.45) is 5.95. The topological polar surface area (TPSA) is 21.3 Å². The molecule has 2 heteroatoms. The normalized spacial score (nSPS) is 24.5. The summed E-state index contributed by atoms with van der Waals surface area (Å²) in [5.74, 6) is 1.09. The minimum atomic E-state index is -0.0460. The van der Waals surface area contributed by atoms with Crippen LogP contribution in [0.3, 0.4) is 0 Å². The molecule has 2 unspecified atom stereocenters. The van der Waals surface area contributed by atoms with Crippen LogP contribution in [0, 0.1) is 13.8 Å². The van der Waals surface area contributed by atoms with Gasteiger partial charge in [-0.25, -0.2) is 0 Å². The maximum Gasteiger partial charge on any atom is 0.125 e. The Kier molecular flexibility index (Phi) is 5.32. The molecule has 0 saturated heterocycles. The van der Waals surface area contributed by atoms with E-state index in [-0.39, 0.29) is 5.60 Å². The lowest BCUT2D eigenvalue weighted by molar-refractivity contribution is 0.0439. The van der Waals surface area contributed by atoms with E-state index < -0.39 is 0 Å². The SMILES string of the molecule is CCCCCNC1CC(C)(CC)Oc2cc(C)cc(C)c21. The second-order valence-corrected chi connectivity index (χ2v) is 6.82. The quantitative estimate of drug-likeness (QED) is 0.738. The monoisotopic (exact) mass is 289 g/mol. The number of ether oxygens (including phenoxy) is 1. The summed E-state index contributed by atoms with van der Waals surface area (Å²) in [5.41, 5.74) is 3.98. The fourth-order valence-electron chi connectivity index (χ4n) is 3.35. The zero-order valence-corrected chi connectivity index (χ0v) is 14.4. The number of benzene rings is 1. The molecule has 2 atom stereocenters. The predicted octanol–water partition coefficient (Wildman–Crippen LogP) is 5.08. The highest BCUT2D eigenvalue weighted by Gasteiger charge is 2.36. The van der Waals surface area contributed by atoms with Crippen molar-refractivity contribution >= 4 is 0 Å². The highest BCUT2D eigenvalue weighted by atomic mass is 16.5. The summed E-state index contributed by atoms with van der Waals surface area (Å²) in [7, 11) is 0. The average Bonchev–Trinajstić information content (AvgIpc) is 2.42. The highest BCUT2D eigenvalue weighted by molar-refractivity contribution is 5.47. The second kappa shape index (κ2) is 6.83. The van der Waals surface area contributed by atoms with Gasteiger partial charge in [0.05, 0.1) is 0 Å². The number of rotatable bonds is 6. The fourth-order valence-corrected chi connectivity index (χ4v) is 3.35. The first kappa shape index (κ1) is 16.4. The Balaban J connectivity index is 2.24. The Bertz CT molecular complexity index is 483. The van der Waals surface area contributed by atoms with Crippen LogP contribution in [0.4, 0.5) is 0 Å². The van der Waals surface area contributed by atoms with Crippen molar-refractivity contribution in [2.24, 2.45) is 0 Å². The first-order valence-electron chi connectivity index (χ1n) is 8.52. The van der Waals surface area contributed by atoms with Crippen LogP contribution in [0.25, 0.3) is 0 Å². The molecule has 21 heavy (non-hydrogen) atoms. The molecular formula is C19H31NO. The minimum Gasteiger partial charge on any atom is -0.487 e. The lowest BCUT2D eigenvalue weighted by Crippen LogP contribution is -2.42. The standard InChI is InChI=1S/C19H31NO/c1-6-8-9-10-20-16-13-19(5,7-2)21-17-12-14(3)11-15(4)18(16)17/h11-12,16,20H,6-10,13H2,1-5H3. The van der Waals surface area contributed by atoms with E-state index in [0.717, 1.165) is 25.1 Å². The van der Waals surface area contributed by atoms with Gasteiger partial charge in [-0.2, -0.15) is 0 Å².